The molecular weight excluding hydrogens is 345 g/mol. The molecule has 2 aliphatic rings. The summed E-state index contributed by atoms with van der Waals surface area (Å²) >= 11 is 0. The molecule has 2 fully saturated rings. The fourth-order valence-corrected chi connectivity index (χ4v) is 3.70. The van der Waals surface area contributed by atoms with E-state index < -0.39 is 38.5 Å². The van der Waals surface area contributed by atoms with Crippen LogP contribution in [0.2, 0.25) is 0 Å². The van der Waals surface area contributed by atoms with Crippen molar-refractivity contribution < 1.29 is 33.5 Å². The number of phosphoric ester groups is 1. The molecule has 4 atom stereocenters. The maximum absolute atomic E-state index is 11.2. The van der Waals surface area contributed by atoms with Gasteiger partial charge in [-0.15, -0.1) is 0 Å². The van der Waals surface area contributed by atoms with E-state index in [-0.39, 0.29) is 12.4 Å². The van der Waals surface area contributed by atoms with Crippen LogP contribution in [0.4, 0.5) is 5.82 Å². The number of aromatic nitrogens is 4. The molecule has 0 aromatic carbocycles. The molecule has 12 nitrogen and oxygen atoms in total. The molecule has 2 aromatic rings. The lowest BCUT2D eigenvalue weighted by atomic mass is 10.0. The number of nitrogens with two attached hydrogens (primary N) is 1. The highest BCUT2D eigenvalue weighted by molar-refractivity contribution is 7.46. The fourth-order valence-electron chi connectivity index (χ4n) is 3.09. The number of anilines is 1. The van der Waals surface area contributed by atoms with Crippen molar-refractivity contribution in [2.24, 2.45) is 0 Å². The standard InChI is InChI=1S/C11H14N5O7P/c12-8-5-9(14-3-13-8)16(4-15-5)10-6-7(23-24(18,19)20)11(1-17,22-10)2-21-6/h3-4,6-7,10,17H,1-2H2,(H2,12,13,14)(H2,18,19,20)/t6-,7+,10-,11+/m1/s1. The van der Waals surface area contributed by atoms with Crippen molar-refractivity contribution >= 4 is 24.8 Å². The van der Waals surface area contributed by atoms with Gasteiger partial charge in [0.15, 0.2) is 17.7 Å². The minimum atomic E-state index is -4.81. The molecule has 2 bridgehead atoms. The summed E-state index contributed by atoms with van der Waals surface area (Å²) in [5.41, 5.74) is 5.08. The van der Waals surface area contributed by atoms with Crippen LogP contribution in [0.15, 0.2) is 12.7 Å². The Morgan fingerprint density at radius 1 is 1.46 bits per heavy atom. The van der Waals surface area contributed by atoms with Gasteiger partial charge in [0, 0.05) is 0 Å². The van der Waals surface area contributed by atoms with E-state index in [1.165, 1.54) is 17.2 Å². The Balaban J connectivity index is 1.75. The number of nitrogens with zero attached hydrogens (tertiary/aromatic N) is 4. The second-order valence-corrected chi connectivity index (χ2v) is 6.80. The minimum absolute atomic E-state index is 0.0565. The largest absolute Gasteiger partial charge is 0.470 e. The molecule has 24 heavy (non-hydrogen) atoms. The number of nitrogen functional groups attached to an aromatic ring is 1. The molecule has 0 unspecified atom stereocenters. The van der Waals surface area contributed by atoms with Gasteiger partial charge in [0.05, 0.1) is 19.5 Å². The molecule has 2 aromatic heterocycles. The molecule has 0 amide bonds. The molecule has 2 aliphatic heterocycles. The third-order valence-electron chi connectivity index (χ3n) is 4.15. The van der Waals surface area contributed by atoms with Crippen LogP contribution in [0.3, 0.4) is 0 Å². The normalized spacial score (nSPS) is 32.7. The van der Waals surface area contributed by atoms with Crippen LogP contribution in [-0.2, 0) is 18.6 Å². The number of fused-ring (bicyclic) bond motifs is 3. The lowest BCUT2D eigenvalue weighted by Crippen LogP contribution is -2.45. The number of aliphatic hydroxyl groups is 1. The molecule has 2 saturated heterocycles. The summed E-state index contributed by atoms with van der Waals surface area (Å²) in [7, 11) is -4.81. The number of aliphatic hydroxyl groups excluding tert-OH is 1. The van der Waals surface area contributed by atoms with Crippen LogP contribution in [-0.4, -0.2) is 65.4 Å². The van der Waals surface area contributed by atoms with Gasteiger partial charge in [-0.2, -0.15) is 0 Å². The Kier molecular flexibility index (Phi) is 3.41. The van der Waals surface area contributed by atoms with Crippen LogP contribution < -0.4 is 5.73 Å². The van der Waals surface area contributed by atoms with Crippen molar-refractivity contribution in [3.8, 4) is 0 Å². The smallest absolute Gasteiger partial charge is 0.393 e. The van der Waals surface area contributed by atoms with Crippen molar-refractivity contribution in [3.05, 3.63) is 12.7 Å². The van der Waals surface area contributed by atoms with Crippen molar-refractivity contribution in [3.63, 3.8) is 0 Å². The Morgan fingerprint density at radius 3 is 2.96 bits per heavy atom. The third-order valence-corrected chi connectivity index (χ3v) is 4.66. The average molecular weight is 359 g/mol. The predicted molar refractivity (Wildman–Crippen MR) is 76.3 cm³/mol. The molecule has 4 heterocycles. The Morgan fingerprint density at radius 2 is 2.25 bits per heavy atom. The van der Waals surface area contributed by atoms with Gasteiger partial charge in [0.25, 0.3) is 0 Å². The minimum Gasteiger partial charge on any atom is -0.393 e. The number of hydrogen-bond acceptors (Lipinski definition) is 9. The van der Waals surface area contributed by atoms with Gasteiger partial charge in [-0.1, -0.05) is 0 Å². The van der Waals surface area contributed by atoms with Gasteiger partial charge in [-0.3, -0.25) is 9.09 Å². The number of rotatable bonds is 4. The summed E-state index contributed by atoms with van der Waals surface area (Å²) in [6, 6.07) is 0. The van der Waals surface area contributed by atoms with Gasteiger partial charge < -0.3 is 30.1 Å². The van der Waals surface area contributed by atoms with Crippen LogP contribution in [0.5, 0.6) is 0 Å². The Labute approximate surface area is 134 Å². The summed E-state index contributed by atoms with van der Waals surface area (Å²) in [6.45, 7) is -0.590. The fraction of sp³-hybridized carbons (Fsp3) is 0.545. The van der Waals surface area contributed by atoms with Gasteiger partial charge in [0.1, 0.15) is 29.7 Å². The lowest BCUT2D eigenvalue weighted by molar-refractivity contribution is -0.185. The van der Waals surface area contributed by atoms with Crippen molar-refractivity contribution in [2.75, 3.05) is 18.9 Å². The van der Waals surface area contributed by atoms with E-state index in [4.69, 9.17) is 29.5 Å². The van der Waals surface area contributed by atoms with E-state index in [0.717, 1.165) is 0 Å². The highest BCUT2D eigenvalue weighted by Gasteiger charge is 2.64. The number of imidazole rings is 1. The SMILES string of the molecule is Nc1ncnc2c1ncn2[C@@H]1O[C@@]2(CO)CO[C@@H]1[C@@H]2OP(=O)(O)O. The zero-order chi connectivity index (χ0) is 17.1. The molecular formula is C11H14N5O7P. The summed E-state index contributed by atoms with van der Waals surface area (Å²) in [5.74, 6) is 0.183. The highest BCUT2D eigenvalue weighted by Crippen LogP contribution is 2.52. The van der Waals surface area contributed by atoms with Crippen molar-refractivity contribution in [2.45, 2.75) is 24.0 Å². The van der Waals surface area contributed by atoms with Gasteiger partial charge in [0.2, 0.25) is 0 Å². The third kappa shape index (κ3) is 2.24. The predicted octanol–water partition coefficient (Wildman–Crippen LogP) is -1.45. The monoisotopic (exact) mass is 359 g/mol. The van der Waals surface area contributed by atoms with Gasteiger partial charge >= 0.3 is 7.82 Å². The zero-order valence-corrected chi connectivity index (χ0v) is 13.0. The van der Waals surface area contributed by atoms with Gasteiger partial charge in [-0.05, 0) is 0 Å². The zero-order valence-electron chi connectivity index (χ0n) is 12.1. The van der Waals surface area contributed by atoms with Crippen molar-refractivity contribution in [1.82, 2.24) is 19.5 Å². The summed E-state index contributed by atoms with van der Waals surface area (Å²) < 4.78 is 28.9. The summed E-state index contributed by atoms with van der Waals surface area (Å²) in [5, 5.41) is 9.67. The molecule has 0 radical (unpaired) electrons. The van der Waals surface area contributed by atoms with Crippen LogP contribution in [0.1, 0.15) is 6.23 Å². The molecule has 13 heteroatoms. The highest BCUT2D eigenvalue weighted by atomic mass is 31.2. The van der Waals surface area contributed by atoms with Crippen LogP contribution in [0, 0.1) is 0 Å². The van der Waals surface area contributed by atoms with Crippen LogP contribution in [0.25, 0.3) is 11.2 Å². The van der Waals surface area contributed by atoms with E-state index in [1.54, 1.807) is 0 Å². The topological polar surface area (TPSA) is 175 Å². The quantitative estimate of drug-likeness (QED) is 0.470. The van der Waals surface area contributed by atoms with Gasteiger partial charge in [-0.25, -0.2) is 19.5 Å². The summed E-state index contributed by atoms with van der Waals surface area (Å²) in [4.78, 5) is 30.3. The first kappa shape index (κ1) is 15.8. The van der Waals surface area contributed by atoms with Crippen molar-refractivity contribution in [1.29, 1.82) is 0 Å². The average Bonchev–Trinajstić information content (AvgIpc) is 3.17. The molecule has 4 rings (SSSR count). The molecule has 5 N–H and O–H groups in total. The first-order valence-electron chi connectivity index (χ1n) is 6.92. The molecule has 0 saturated carbocycles. The summed E-state index contributed by atoms with van der Waals surface area (Å²) in [6.07, 6.45) is -0.190. The Bertz CT molecular complexity index is 839. The number of ether oxygens (including phenoxy) is 2. The second-order valence-electron chi connectivity index (χ2n) is 5.61. The van der Waals surface area contributed by atoms with E-state index in [9.17, 15) is 9.67 Å². The maximum Gasteiger partial charge on any atom is 0.470 e. The first-order valence-corrected chi connectivity index (χ1v) is 8.45. The van der Waals surface area contributed by atoms with E-state index in [0.29, 0.717) is 11.2 Å². The first-order chi connectivity index (χ1) is 11.3. The van der Waals surface area contributed by atoms with Crippen LogP contribution >= 0.6 is 7.82 Å². The molecule has 130 valence electrons. The van der Waals surface area contributed by atoms with E-state index in [1.807, 2.05) is 0 Å². The number of phosphoric acid groups is 1. The van der Waals surface area contributed by atoms with E-state index >= 15 is 0 Å². The second kappa shape index (κ2) is 5.17. The van der Waals surface area contributed by atoms with E-state index in [2.05, 4.69) is 15.0 Å². The molecule has 0 spiro atoms. The number of hydrogen-bond donors (Lipinski definition) is 4. The Hall–Kier alpha value is -1.66. The molecule has 0 aliphatic carbocycles. The lowest BCUT2D eigenvalue weighted by Gasteiger charge is -2.29. The maximum atomic E-state index is 11.2.